The number of ether oxygens (including phenoxy) is 1. The first-order valence-electron chi connectivity index (χ1n) is 10.7. The van der Waals surface area contributed by atoms with Crippen LogP contribution in [0.3, 0.4) is 0 Å². The second kappa shape index (κ2) is 7.54. The molecule has 29 heavy (non-hydrogen) atoms. The zero-order valence-electron chi connectivity index (χ0n) is 17.0. The number of H-pyrrole nitrogens is 1. The van der Waals surface area contributed by atoms with Gasteiger partial charge in [0.05, 0.1) is 0 Å². The summed E-state index contributed by atoms with van der Waals surface area (Å²) in [6.07, 6.45) is 2.40. The first-order chi connectivity index (χ1) is 14.2. The summed E-state index contributed by atoms with van der Waals surface area (Å²) in [5.41, 5.74) is 1.37. The molecule has 3 heterocycles. The third-order valence-corrected chi connectivity index (χ3v) is 6.55. The maximum Gasteiger partial charge on any atom is 0.248 e. The molecule has 2 saturated heterocycles. The molecule has 0 radical (unpaired) electrons. The Morgan fingerprint density at radius 3 is 2.76 bits per heavy atom. The maximum absolute atomic E-state index is 12.4. The van der Waals surface area contributed by atoms with E-state index in [-0.39, 0.29) is 23.8 Å². The molecule has 1 aromatic heterocycles. The molecule has 3 aliphatic rings. The van der Waals surface area contributed by atoms with E-state index in [2.05, 4.69) is 45.4 Å². The molecule has 154 valence electrons. The Labute approximate surface area is 171 Å². The topological polar surface area (TPSA) is 74.3 Å². The van der Waals surface area contributed by atoms with Crippen molar-refractivity contribution in [2.45, 2.75) is 38.1 Å². The van der Waals surface area contributed by atoms with Gasteiger partial charge in [0.2, 0.25) is 5.91 Å². The molecule has 7 nitrogen and oxygen atoms in total. The molecule has 7 heteroatoms. The van der Waals surface area contributed by atoms with Crippen LogP contribution in [0.15, 0.2) is 30.3 Å². The van der Waals surface area contributed by atoms with Gasteiger partial charge in [0.25, 0.3) is 0 Å². The molecule has 1 atom stereocenters. The van der Waals surface area contributed by atoms with Crippen molar-refractivity contribution in [2.24, 2.45) is 5.41 Å². The van der Waals surface area contributed by atoms with Gasteiger partial charge >= 0.3 is 0 Å². The van der Waals surface area contributed by atoms with E-state index in [9.17, 15) is 4.79 Å². The van der Waals surface area contributed by atoms with Gasteiger partial charge in [-0.3, -0.25) is 14.8 Å². The van der Waals surface area contributed by atoms with Crippen LogP contribution in [0.5, 0.6) is 0 Å². The Hall–Kier alpha value is -2.25. The molecular formula is C22H29N5O2. The summed E-state index contributed by atoms with van der Waals surface area (Å²) in [6, 6.07) is 10.6. The smallest absolute Gasteiger partial charge is 0.248 e. The van der Waals surface area contributed by atoms with Gasteiger partial charge in [-0.2, -0.15) is 5.10 Å². The van der Waals surface area contributed by atoms with Crippen molar-refractivity contribution in [2.75, 3.05) is 39.4 Å². The summed E-state index contributed by atoms with van der Waals surface area (Å²) in [7, 11) is 0. The number of aromatic amines is 1. The average Bonchev–Trinajstić information content (AvgIpc) is 3.31. The molecule has 1 spiro atoms. The zero-order valence-corrected chi connectivity index (χ0v) is 17.0. The highest BCUT2D eigenvalue weighted by Crippen LogP contribution is 2.49. The predicted molar refractivity (Wildman–Crippen MR) is 108 cm³/mol. The first-order valence-corrected chi connectivity index (χ1v) is 10.7. The fourth-order valence-corrected chi connectivity index (χ4v) is 4.87. The molecule has 1 aromatic carbocycles. The summed E-state index contributed by atoms with van der Waals surface area (Å²) in [5, 5.41) is 7.73. The third kappa shape index (κ3) is 3.69. The number of rotatable bonds is 7. The summed E-state index contributed by atoms with van der Waals surface area (Å²) in [4.78, 5) is 21.7. The summed E-state index contributed by atoms with van der Waals surface area (Å²) < 4.78 is 5.32. The van der Waals surface area contributed by atoms with Crippen LogP contribution in [0.2, 0.25) is 0 Å². The van der Waals surface area contributed by atoms with Crippen molar-refractivity contribution < 1.29 is 9.53 Å². The lowest BCUT2D eigenvalue weighted by Gasteiger charge is -2.50. The molecule has 5 rings (SSSR count). The van der Waals surface area contributed by atoms with Gasteiger partial charge in [0, 0.05) is 56.6 Å². The predicted octanol–water partition coefficient (Wildman–Crippen LogP) is 2.15. The van der Waals surface area contributed by atoms with Crippen molar-refractivity contribution in [1.29, 1.82) is 0 Å². The van der Waals surface area contributed by atoms with Crippen LogP contribution < -0.4 is 0 Å². The standard InChI is InChI=1S/C22H29N5O2/c1-2-29-12-19(28)27-14-22(15-27)13-26(10-16-6-4-3-5-7-16)11-18(22)21-23-20(24-25-21)17-8-9-17/h3-7,17-18H,2,8-15H2,1H3,(H,23,24,25). The Morgan fingerprint density at radius 1 is 1.24 bits per heavy atom. The van der Waals surface area contributed by atoms with E-state index >= 15 is 0 Å². The van der Waals surface area contributed by atoms with Crippen LogP contribution >= 0.6 is 0 Å². The minimum atomic E-state index is 0.0526. The molecule has 1 N–H and O–H groups in total. The van der Waals surface area contributed by atoms with Gasteiger partial charge < -0.3 is 9.64 Å². The first kappa shape index (κ1) is 18.8. The summed E-state index contributed by atoms with van der Waals surface area (Å²) in [6.45, 7) is 7.06. The largest absolute Gasteiger partial charge is 0.372 e. The fourth-order valence-electron chi connectivity index (χ4n) is 4.87. The summed E-state index contributed by atoms with van der Waals surface area (Å²) in [5.74, 6) is 2.89. The highest BCUT2D eigenvalue weighted by Gasteiger charge is 2.56. The lowest BCUT2D eigenvalue weighted by Crippen LogP contribution is -2.62. The number of amides is 1. The second-order valence-corrected chi connectivity index (χ2v) is 8.81. The van der Waals surface area contributed by atoms with Gasteiger partial charge in [0.1, 0.15) is 12.4 Å². The average molecular weight is 396 g/mol. The quantitative estimate of drug-likeness (QED) is 0.778. The third-order valence-electron chi connectivity index (χ3n) is 6.55. The lowest BCUT2D eigenvalue weighted by molar-refractivity contribution is -0.148. The monoisotopic (exact) mass is 395 g/mol. The summed E-state index contributed by atoms with van der Waals surface area (Å²) >= 11 is 0. The molecule has 1 unspecified atom stereocenters. The molecule has 1 saturated carbocycles. The molecule has 0 bridgehead atoms. The Bertz CT molecular complexity index is 857. The molecule has 3 fully saturated rings. The molecule has 1 amide bonds. The number of likely N-dealkylation sites (tertiary alicyclic amines) is 2. The van der Waals surface area contributed by atoms with Gasteiger partial charge in [-0.15, -0.1) is 0 Å². The zero-order chi connectivity index (χ0) is 19.8. The minimum absolute atomic E-state index is 0.0526. The normalized spacial score (nSPS) is 23.5. The Balaban J connectivity index is 1.33. The molecule has 1 aliphatic carbocycles. The maximum atomic E-state index is 12.4. The van der Waals surface area contributed by atoms with Crippen LogP contribution in [0.25, 0.3) is 0 Å². The van der Waals surface area contributed by atoms with Crippen molar-refractivity contribution in [3.63, 3.8) is 0 Å². The number of carbonyl (C=O) groups is 1. The highest BCUT2D eigenvalue weighted by atomic mass is 16.5. The number of nitrogens with one attached hydrogen (secondary N) is 1. The Morgan fingerprint density at radius 2 is 2.03 bits per heavy atom. The second-order valence-electron chi connectivity index (χ2n) is 8.81. The highest BCUT2D eigenvalue weighted by molar-refractivity contribution is 5.78. The number of hydrogen-bond donors (Lipinski definition) is 1. The number of hydrogen-bond acceptors (Lipinski definition) is 5. The van der Waals surface area contributed by atoms with E-state index in [1.165, 1.54) is 18.4 Å². The lowest BCUT2D eigenvalue weighted by atomic mass is 9.71. The van der Waals surface area contributed by atoms with E-state index in [1.54, 1.807) is 0 Å². The van der Waals surface area contributed by atoms with Crippen molar-refractivity contribution in [3.05, 3.63) is 47.5 Å². The van der Waals surface area contributed by atoms with E-state index < -0.39 is 0 Å². The van der Waals surface area contributed by atoms with E-state index in [0.717, 1.165) is 44.4 Å². The van der Waals surface area contributed by atoms with Gasteiger partial charge in [-0.25, -0.2) is 4.98 Å². The van der Waals surface area contributed by atoms with Crippen molar-refractivity contribution in [3.8, 4) is 0 Å². The van der Waals surface area contributed by atoms with Gasteiger partial charge in [-0.05, 0) is 25.3 Å². The van der Waals surface area contributed by atoms with Gasteiger partial charge in [0.15, 0.2) is 5.82 Å². The van der Waals surface area contributed by atoms with Crippen LogP contribution in [0.1, 0.15) is 48.8 Å². The van der Waals surface area contributed by atoms with E-state index in [0.29, 0.717) is 12.5 Å². The minimum Gasteiger partial charge on any atom is -0.372 e. The van der Waals surface area contributed by atoms with Crippen LogP contribution in [-0.2, 0) is 16.1 Å². The van der Waals surface area contributed by atoms with Crippen LogP contribution in [-0.4, -0.2) is 70.3 Å². The van der Waals surface area contributed by atoms with Crippen LogP contribution in [0, 0.1) is 5.41 Å². The Kier molecular flexibility index (Phi) is 4.87. The molecule has 2 aromatic rings. The fraction of sp³-hybridized carbons (Fsp3) is 0.591. The SMILES string of the molecule is CCOCC(=O)N1CC2(CN(Cc3ccccc3)CC2c2nc(C3CC3)n[nH]2)C1. The van der Waals surface area contributed by atoms with E-state index in [4.69, 9.17) is 9.72 Å². The van der Waals surface area contributed by atoms with Crippen molar-refractivity contribution in [1.82, 2.24) is 25.0 Å². The van der Waals surface area contributed by atoms with E-state index in [1.807, 2.05) is 11.8 Å². The number of aromatic nitrogens is 3. The molecular weight excluding hydrogens is 366 g/mol. The van der Waals surface area contributed by atoms with Crippen LogP contribution in [0.4, 0.5) is 0 Å². The number of nitrogens with zero attached hydrogens (tertiary/aromatic N) is 4. The number of benzene rings is 1. The number of carbonyl (C=O) groups excluding carboxylic acids is 1. The van der Waals surface area contributed by atoms with Gasteiger partial charge in [-0.1, -0.05) is 30.3 Å². The molecule has 2 aliphatic heterocycles. The van der Waals surface area contributed by atoms with Crippen molar-refractivity contribution >= 4 is 5.91 Å².